The highest BCUT2D eigenvalue weighted by molar-refractivity contribution is 6.68. The molecular formula is C16H15FN6. The van der Waals surface area contributed by atoms with Gasteiger partial charge in [0.1, 0.15) is 5.82 Å². The molecule has 23 heavy (non-hydrogen) atoms. The van der Waals surface area contributed by atoms with Gasteiger partial charge in [-0.05, 0) is 17.7 Å². The van der Waals surface area contributed by atoms with Crippen molar-refractivity contribution >= 4 is 23.1 Å². The predicted molar refractivity (Wildman–Crippen MR) is 88.8 cm³/mol. The average Bonchev–Trinajstić information content (AvgIpc) is 2.82. The molecular weight excluding hydrogens is 295 g/mol. The van der Waals surface area contributed by atoms with Crippen molar-refractivity contribution in [3.8, 4) is 0 Å². The second-order valence-electron chi connectivity index (χ2n) is 4.93. The molecule has 0 fully saturated rings. The van der Waals surface area contributed by atoms with Crippen LogP contribution in [-0.2, 0) is 6.54 Å². The summed E-state index contributed by atoms with van der Waals surface area (Å²) >= 11 is 0. The average molecular weight is 310 g/mol. The second kappa shape index (κ2) is 6.27. The maximum absolute atomic E-state index is 13.6. The zero-order valence-corrected chi connectivity index (χ0v) is 12.2. The number of halogens is 1. The second-order valence-corrected chi connectivity index (χ2v) is 4.93. The van der Waals surface area contributed by atoms with Crippen LogP contribution in [-0.4, -0.2) is 22.4 Å². The molecule has 0 aliphatic carbocycles. The van der Waals surface area contributed by atoms with Gasteiger partial charge < -0.3 is 5.73 Å². The highest BCUT2D eigenvalue weighted by Gasteiger charge is 2.27. The molecule has 0 aromatic heterocycles. The van der Waals surface area contributed by atoms with Crippen LogP contribution in [0.2, 0.25) is 0 Å². The number of benzene rings is 2. The van der Waals surface area contributed by atoms with Gasteiger partial charge in [-0.15, -0.1) is 0 Å². The molecule has 116 valence electrons. The number of para-hydroxylation sites is 1. The number of amidine groups is 2. The van der Waals surface area contributed by atoms with E-state index in [-0.39, 0.29) is 23.1 Å². The van der Waals surface area contributed by atoms with Crippen LogP contribution in [0, 0.1) is 11.2 Å². The Bertz CT molecular complexity index is 784. The van der Waals surface area contributed by atoms with Crippen molar-refractivity contribution in [3.63, 3.8) is 0 Å². The Balaban J connectivity index is 1.75. The first-order valence-corrected chi connectivity index (χ1v) is 6.98. The molecule has 1 aliphatic rings. The van der Waals surface area contributed by atoms with E-state index in [0.29, 0.717) is 6.54 Å². The molecule has 7 heteroatoms. The molecule has 0 saturated heterocycles. The number of rotatable bonds is 4. The molecule has 2 aromatic carbocycles. The van der Waals surface area contributed by atoms with Gasteiger partial charge in [0, 0.05) is 0 Å². The van der Waals surface area contributed by atoms with E-state index in [1.165, 1.54) is 11.1 Å². The van der Waals surface area contributed by atoms with Gasteiger partial charge in [0.05, 0.1) is 12.2 Å². The van der Waals surface area contributed by atoms with Crippen molar-refractivity contribution in [2.45, 2.75) is 6.54 Å². The van der Waals surface area contributed by atoms with Crippen LogP contribution in [0.5, 0.6) is 0 Å². The van der Waals surface area contributed by atoms with Crippen molar-refractivity contribution < 1.29 is 4.39 Å². The van der Waals surface area contributed by atoms with Gasteiger partial charge in [-0.3, -0.25) is 10.8 Å². The Morgan fingerprint density at radius 3 is 2.57 bits per heavy atom. The normalized spacial score (nSPS) is 15.9. The van der Waals surface area contributed by atoms with Crippen LogP contribution in [0.1, 0.15) is 5.56 Å². The molecule has 0 unspecified atom stereocenters. The molecule has 3 rings (SSSR count). The van der Waals surface area contributed by atoms with E-state index in [1.807, 2.05) is 30.3 Å². The van der Waals surface area contributed by atoms with Crippen LogP contribution < -0.4 is 11.2 Å². The molecule has 1 aliphatic heterocycles. The first-order chi connectivity index (χ1) is 11.1. The van der Waals surface area contributed by atoms with Crippen LogP contribution in [0.3, 0.4) is 0 Å². The summed E-state index contributed by atoms with van der Waals surface area (Å²) in [4.78, 5) is 0. The van der Waals surface area contributed by atoms with Crippen molar-refractivity contribution in [1.29, 1.82) is 5.41 Å². The number of nitrogens with zero attached hydrogens (tertiary/aromatic N) is 3. The van der Waals surface area contributed by atoms with E-state index >= 15 is 0 Å². The summed E-state index contributed by atoms with van der Waals surface area (Å²) in [6, 6.07) is 15.8. The summed E-state index contributed by atoms with van der Waals surface area (Å²) in [5, 5.41) is 17.7. The number of nitrogens with two attached hydrogens (primary N) is 1. The van der Waals surface area contributed by atoms with Gasteiger partial charge in [-0.2, -0.15) is 10.2 Å². The monoisotopic (exact) mass is 310 g/mol. The molecule has 0 atom stereocenters. The standard InChI is InChI=1S/C16H15FN6/c17-12-8-4-5-9-13(12)20-21-14-15(18)22-23(16(14)19)10-11-6-2-1-3-7-11/h1-9,19-20H,10H2,(H2,18,22)/b19-16?,21-14-. The molecule has 4 N–H and O–H groups in total. The molecule has 0 radical (unpaired) electrons. The quantitative estimate of drug-likeness (QED) is 0.757. The number of nitrogens with one attached hydrogen (secondary N) is 2. The Kier molecular flexibility index (Phi) is 4.01. The Morgan fingerprint density at radius 2 is 1.83 bits per heavy atom. The van der Waals surface area contributed by atoms with E-state index in [4.69, 9.17) is 11.1 Å². The molecule has 6 nitrogen and oxygen atoms in total. The smallest absolute Gasteiger partial charge is 0.175 e. The topological polar surface area (TPSA) is 89.9 Å². The van der Waals surface area contributed by atoms with Crippen molar-refractivity contribution in [1.82, 2.24) is 5.01 Å². The van der Waals surface area contributed by atoms with Gasteiger partial charge in [0.25, 0.3) is 0 Å². The number of hydrazone groups is 2. The van der Waals surface area contributed by atoms with Crippen LogP contribution >= 0.6 is 0 Å². The third-order valence-electron chi connectivity index (χ3n) is 3.29. The maximum Gasteiger partial charge on any atom is 0.175 e. The van der Waals surface area contributed by atoms with Gasteiger partial charge >= 0.3 is 0 Å². The third-order valence-corrected chi connectivity index (χ3v) is 3.29. The first-order valence-electron chi connectivity index (χ1n) is 6.98. The molecule has 0 spiro atoms. The van der Waals surface area contributed by atoms with Gasteiger partial charge in [0.15, 0.2) is 17.4 Å². The third kappa shape index (κ3) is 3.18. The zero-order valence-electron chi connectivity index (χ0n) is 12.2. The van der Waals surface area contributed by atoms with Gasteiger partial charge in [-0.25, -0.2) is 9.40 Å². The lowest BCUT2D eigenvalue weighted by molar-refractivity contribution is 0.449. The Morgan fingerprint density at radius 1 is 1.13 bits per heavy atom. The van der Waals surface area contributed by atoms with Crippen molar-refractivity contribution in [2.75, 3.05) is 5.43 Å². The lowest BCUT2D eigenvalue weighted by Gasteiger charge is -2.13. The SMILES string of the molecule is N=C1/C(=N\Nc2ccccc2F)C(N)=NN1Cc1ccccc1. The summed E-state index contributed by atoms with van der Waals surface area (Å²) < 4.78 is 13.6. The summed E-state index contributed by atoms with van der Waals surface area (Å²) in [6.45, 7) is 0.416. The zero-order chi connectivity index (χ0) is 16.2. The van der Waals surface area contributed by atoms with E-state index < -0.39 is 5.82 Å². The highest BCUT2D eigenvalue weighted by Crippen LogP contribution is 2.14. The highest BCUT2D eigenvalue weighted by atomic mass is 19.1. The van der Waals surface area contributed by atoms with Crippen LogP contribution in [0.25, 0.3) is 0 Å². The van der Waals surface area contributed by atoms with E-state index in [9.17, 15) is 4.39 Å². The fourth-order valence-corrected chi connectivity index (χ4v) is 2.12. The molecule has 0 bridgehead atoms. The largest absolute Gasteiger partial charge is 0.380 e. The van der Waals surface area contributed by atoms with Crippen LogP contribution in [0.4, 0.5) is 10.1 Å². The summed E-state index contributed by atoms with van der Waals surface area (Å²) in [6.07, 6.45) is 0. The minimum Gasteiger partial charge on any atom is -0.380 e. The van der Waals surface area contributed by atoms with Crippen molar-refractivity contribution in [3.05, 3.63) is 66.0 Å². The molecule has 0 saturated carbocycles. The predicted octanol–water partition coefficient (Wildman–Crippen LogP) is 2.36. The summed E-state index contributed by atoms with van der Waals surface area (Å²) in [7, 11) is 0. The minimum atomic E-state index is -0.432. The summed E-state index contributed by atoms with van der Waals surface area (Å²) in [5.74, 6) is -0.247. The molecule has 0 amide bonds. The van der Waals surface area contributed by atoms with E-state index in [2.05, 4.69) is 15.6 Å². The Labute approximate surface area is 132 Å². The number of hydrogen-bond acceptors (Lipinski definition) is 5. The lowest BCUT2D eigenvalue weighted by atomic mass is 10.2. The maximum atomic E-state index is 13.6. The summed E-state index contributed by atoms with van der Waals surface area (Å²) in [5.41, 5.74) is 9.80. The van der Waals surface area contributed by atoms with E-state index in [0.717, 1.165) is 5.56 Å². The fourth-order valence-electron chi connectivity index (χ4n) is 2.12. The van der Waals surface area contributed by atoms with Gasteiger partial charge in [0.2, 0.25) is 0 Å². The molecule has 2 aromatic rings. The van der Waals surface area contributed by atoms with Gasteiger partial charge in [-0.1, -0.05) is 42.5 Å². The number of anilines is 1. The van der Waals surface area contributed by atoms with Crippen LogP contribution in [0.15, 0.2) is 64.8 Å². The molecule has 1 heterocycles. The Hall–Kier alpha value is -3.22. The van der Waals surface area contributed by atoms with E-state index in [1.54, 1.807) is 18.2 Å². The minimum absolute atomic E-state index is 0.0650. The first kappa shape index (κ1) is 14.7. The number of hydrogen-bond donors (Lipinski definition) is 3. The van der Waals surface area contributed by atoms with Crippen molar-refractivity contribution in [2.24, 2.45) is 15.9 Å². The lowest BCUT2D eigenvalue weighted by Crippen LogP contribution is -2.30. The fraction of sp³-hybridized carbons (Fsp3) is 0.0625.